The minimum atomic E-state index is -0.844. The number of carboxylic acid groups (broad SMARTS) is 1. The predicted molar refractivity (Wildman–Crippen MR) is 67.0 cm³/mol. The molecule has 1 aliphatic rings. The van der Waals surface area contributed by atoms with Crippen LogP contribution in [-0.4, -0.2) is 66.8 Å². The van der Waals surface area contributed by atoms with Crippen LogP contribution < -0.4 is 10.7 Å². The van der Waals surface area contributed by atoms with Gasteiger partial charge in [-0.3, -0.25) is 10.2 Å². The van der Waals surface area contributed by atoms with Crippen molar-refractivity contribution in [3.63, 3.8) is 0 Å². The third kappa shape index (κ3) is 5.83. The number of carboxylic acids is 1. The zero-order valence-electron chi connectivity index (χ0n) is 11.0. The average Bonchev–Trinajstić information content (AvgIpc) is 2.29. The number of carbonyl (C=O) groups is 2. The highest BCUT2D eigenvalue weighted by atomic mass is 16.4. The Kier molecular flexibility index (Phi) is 5.87. The maximum absolute atomic E-state index is 11.6. The van der Waals surface area contributed by atoms with Crippen LogP contribution in [0.5, 0.6) is 0 Å². The van der Waals surface area contributed by atoms with Crippen molar-refractivity contribution in [2.75, 3.05) is 39.8 Å². The topological polar surface area (TPSA) is 84.9 Å². The molecular weight excluding hydrogens is 236 g/mol. The Bertz CT molecular complexity index is 290. The van der Waals surface area contributed by atoms with Crippen molar-refractivity contribution in [1.29, 1.82) is 0 Å². The number of urea groups is 1. The summed E-state index contributed by atoms with van der Waals surface area (Å²) in [6, 6.07) is -0.267. The van der Waals surface area contributed by atoms with Gasteiger partial charge in [-0.1, -0.05) is 6.92 Å². The summed E-state index contributed by atoms with van der Waals surface area (Å²) in [7, 11) is 2.05. The Morgan fingerprint density at radius 3 is 2.44 bits per heavy atom. The second kappa shape index (κ2) is 7.17. The van der Waals surface area contributed by atoms with Crippen molar-refractivity contribution < 1.29 is 14.7 Å². The lowest BCUT2D eigenvalue weighted by molar-refractivity contribution is -0.137. The molecule has 1 fully saturated rings. The van der Waals surface area contributed by atoms with E-state index < -0.39 is 5.97 Å². The van der Waals surface area contributed by atoms with Gasteiger partial charge in [-0.2, -0.15) is 0 Å². The lowest BCUT2D eigenvalue weighted by Crippen LogP contribution is -2.55. The van der Waals surface area contributed by atoms with Gasteiger partial charge < -0.3 is 15.3 Å². The second-order valence-corrected chi connectivity index (χ2v) is 4.82. The van der Waals surface area contributed by atoms with Gasteiger partial charge in [-0.15, -0.1) is 0 Å². The lowest BCUT2D eigenvalue weighted by atomic mass is 10.1. The molecule has 0 aromatic rings. The van der Waals surface area contributed by atoms with E-state index >= 15 is 0 Å². The molecule has 1 aliphatic heterocycles. The molecule has 1 heterocycles. The molecule has 0 spiro atoms. The fraction of sp³-hybridized carbons (Fsp3) is 0.818. The Labute approximate surface area is 107 Å². The number of rotatable bonds is 5. The molecule has 104 valence electrons. The SMILES string of the molecule is CC(CNC(=O)NN1CCN(C)CC1)CC(=O)O. The van der Waals surface area contributed by atoms with Crippen molar-refractivity contribution in [2.24, 2.45) is 5.92 Å². The molecule has 1 rings (SSSR count). The zero-order chi connectivity index (χ0) is 13.5. The summed E-state index contributed by atoms with van der Waals surface area (Å²) in [5.74, 6) is -0.912. The third-order valence-electron chi connectivity index (χ3n) is 2.90. The van der Waals surface area contributed by atoms with E-state index in [0.29, 0.717) is 6.54 Å². The van der Waals surface area contributed by atoms with Gasteiger partial charge in [0.15, 0.2) is 0 Å². The largest absolute Gasteiger partial charge is 0.481 e. The fourth-order valence-electron chi connectivity index (χ4n) is 1.74. The van der Waals surface area contributed by atoms with Crippen molar-refractivity contribution in [3.05, 3.63) is 0 Å². The first-order chi connectivity index (χ1) is 8.47. The number of hydrogen-bond donors (Lipinski definition) is 3. The molecule has 1 atom stereocenters. The first-order valence-corrected chi connectivity index (χ1v) is 6.17. The maximum atomic E-state index is 11.6. The van der Waals surface area contributed by atoms with E-state index in [4.69, 9.17) is 5.11 Å². The van der Waals surface area contributed by atoms with E-state index in [1.54, 1.807) is 6.92 Å². The Balaban J connectivity index is 2.15. The summed E-state index contributed by atoms with van der Waals surface area (Å²) in [5, 5.41) is 13.1. The molecule has 0 aromatic heterocycles. The van der Waals surface area contributed by atoms with Crippen LogP contribution in [0.15, 0.2) is 0 Å². The zero-order valence-corrected chi connectivity index (χ0v) is 11.0. The molecule has 7 nitrogen and oxygen atoms in total. The van der Waals surface area contributed by atoms with Crippen LogP contribution in [-0.2, 0) is 4.79 Å². The molecule has 2 amide bonds. The smallest absolute Gasteiger partial charge is 0.329 e. The third-order valence-corrected chi connectivity index (χ3v) is 2.90. The van der Waals surface area contributed by atoms with Gasteiger partial charge in [0.2, 0.25) is 0 Å². The number of hydrogen-bond acceptors (Lipinski definition) is 4. The molecule has 1 saturated heterocycles. The number of aliphatic carboxylic acids is 1. The van der Waals surface area contributed by atoms with E-state index in [1.807, 2.05) is 12.1 Å². The number of nitrogens with zero attached hydrogens (tertiary/aromatic N) is 2. The van der Waals surface area contributed by atoms with Crippen LogP contribution in [0.2, 0.25) is 0 Å². The van der Waals surface area contributed by atoms with Crippen LogP contribution in [0, 0.1) is 5.92 Å². The van der Waals surface area contributed by atoms with Gasteiger partial charge in [-0.05, 0) is 13.0 Å². The molecular formula is C11H22N4O3. The Morgan fingerprint density at radius 1 is 1.28 bits per heavy atom. The van der Waals surface area contributed by atoms with Crippen LogP contribution in [0.1, 0.15) is 13.3 Å². The van der Waals surface area contributed by atoms with Crippen molar-refractivity contribution in [1.82, 2.24) is 20.7 Å². The monoisotopic (exact) mass is 258 g/mol. The van der Waals surface area contributed by atoms with Gasteiger partial charge in [0.1, 0.15) is 0 Å². The Hall–Kier alpha value is -1.34. The first kappa shape index (κ1) is 14.7. The molecule has 1 unspecified atom stereocenters. The molecule has 0 aliphatic carbocycles. The molecule has 7 heteroatoms. The molecule has 0 aromatic carbocycles. The van der Waals surface area contributed by atoms with Gasteiger partial charge >= 0.3 is 12.0 Å². The van der Waals surface area contributed by atoms with Crippen LogP contribution in [0.25, 0.3) is 0 Å². The second-order valence-electron chi connectivity index (χ2n) is 4.82. The van der Waals surface area contributed by atoms with E-state index in [1.165, 1.54) is 0 Å². The number of likely N-dealkylation sites (N-methyl/N-ethyl adjacent to an activating group) is 1. The summed E-state index contributed by atoms with van der Waals surface area (Å²) in [5.41, 5.74) is 2.76. The van der Waals surface area contributed by atoms with E-state index in [-0.39, 0.29) is 18.4 Å². The number of amides is 2. The quantitative estimate of drug-likeness (QED) is 0.622. The van der Waals surface area contributed by atoms with E-state index in [9.17, 15) is 9.59 Å². The normalized spacial score (nSPS) is 19.2. The van der Waals surface area contributed by atoms with Gasteiger partial charge in [0.25, 0.3) is 0 Å². The van der Waals surface area contributed by atoms with Crippen molar-refractivity contribution >= 4 is 12.0 Å². The summed E-state index contributed by atoms with van der Waals surface area (Å²) in [4.78, 5) is 24.2. The minimum Gasteiger partial charge on any atom is -0.481 e. The molecule has 0 radical (unpaired) electrons. The van der Waals surface area contributed by atoms with Crippen LogP contribution in [0.4, 0.5) is 4.79 Å². The highest BCUT2D eigenvalue weighted by Crippen LogP contribution is 1.99. The Morgan fingerprint density at radius 2 is 1.89 bits per heavy atom. The van der Waals surface area contributed by atoms with E-state index in [2.05, 4.69) is 15.6 Å². The first-order valence-electron chi connectivity index (χ1n) is 6.17. The molecule has 18 heavy (non-hydrogen) atoms. The number of piperazine rings is 1. The van der Waals surface area contributed by atoms with Crippen LogP contribution >= 0.6 is 0 Å². The minimum absolute atomic E-state index is 0.0643. The molecule has 3 N–H and O–H groups in total. The number of hydrazine groups is 1. The fourth-order valence-corrected chi connectivity index (χ4v) is 1.74. The lowest BCUT2D eigenvalue weighted by Gasteiger charge is -2.32. The summed E-state index contributed by atoms with van der Waals surface area (Å²) in [6.07, 6.45) is 0.0643. The van der Waals surface area contributed by atoms with E-state index in [0.717, 1.165) is 26.2 Å². The standard InChI is InChI=1S/C11H22N4O3/c1-9(7-10(16)17)8-12-11(18)13-15-5-3-14(2)4-6-15/h9H,3-8H2,1-2H3,(H,16,17)(H2,12,13,18). The number of carbonyl (C=O) groups excluding carboxylic acids is 1. The summed E-state index contributed by atoms with van der Waals surface area (Å²) >= 11 is 0. The summed E-state index contributed by atoms with van der Waals surface area (Å²) in [6.45, 7) is 5.62. The average molecular weight is 258 g/mol. The summed E-state index contributed by atoms with van der Waals surface area (Å²) < 4.78 is 0. The predicted octanol–water partition coefficient (Wildman–Crippen LogP) is -0.441. The van der Waals surface area contributed by atoms with Crippen molar-refractivity contribution in [3.8, 4) is 0 Å². The maximum Gasteiger partial charge on any atom is 0.329 e. The number of nitrogens with one attached hydrogen (secondary N) is 2. The highest BCUT2D eigenvalue weighted by molar-refractivity contribution is 5.73. The highest BCUT2D eigenvalue weighted by Gasteiger charge is 2.16. The molecule has 0 saturated carbocycles. The van der Waals surface area contributed by atoms with Crippen molar-refractivity contribution in [2.45, 2.75) is 13.3 Å². The van der Waals surface area contributed by atoms with Crippen LogP contribution in [0.3, 0.4) is 0 Å². The molecule has 0 bridgehead atoms. The van der Waals surface area contributed by atoms with Gasteiger partial charge in [-0.25, -0.2) is 9.80 Å². The van der Waals surface area contributed by atoms with Gasteiger partial charge in [0, 0.05) is 39.1 Å². The van der Waals surface area contributed by atoms with Gasteiger partial charge in [0.05, 0.1) is 0 Å².